The van der Waals surface area contributed by atoms with Gasteiger partial charge in [-0.3, -0.25) is 4.79 Å². The van der Waals surface area contributed by atoms with Crippen LogP contribution in [0.2, 0.25) is 5.02 Å². The molecule has 0 aliphatic rings. The molecule has 0 aliphatic carbocycles. The monoisotopic (exact) mass is 327 g/mol. The first-order valence-electron chi connectivity index (χ1n) is 6.46. The highest BCUT2D eigenvalue weighted by Gasteiger charge is 2.32. The van der Waals surface area contributed by atoms with Crippen LogP contribution in [-0.4, -0.2) is 4.57 Å². The Morgan fingerprint density at radius 2 is 1.82 bits per heavy atom. The fraction of sp³-hybridized carbons (Fsp3) is 0.188. The number of hydrogen-bond acceptors (Lipinski definition) is 1. The lowest BCUT2D eigenvalue weighted by atomic mass is 10.1. The van der Waals surface area contributed by atoms with Crippen LogP contribution in [0.1, 0.15) is 18.5 Å². The lowest BCUT2D eigenvalue weighted by Gasteiger charge is -2.19. The van der Waals surface area contributed by atoms with Crippen LogP contribution in [0.25, 0.3) is 11.3 Å². The molecular formula is C16H13ClF3NO. The maximum absolute atomic E-state index is 13.0. The minimum Gasteiger partial charge on any atom is -0.302 e. The zero-order chi connectivity index (χ0) is 16.5. The highest BCUT2D eigenvalue weighted by atomic mass is 35.5. The van der Waals surface area contributed by atoms with Crippen molar-refractivity contribution in [2.75, 3.05) is 0 Å². The predicted molar refractivity (Wildman–Crippen MR) is 81.1 cm³/mol. The molecule has 0 fully saturated rings. The third kappa shape index (κ3) is 3.25. The second-order valence-corrected chi connectivity index (χ2v) is 5.25. The molecule has 2 rings (SSSR count). The average molecular weight is 328 g/mol. The second kappa shape index (κ2) is 6.01. The number of rotatable bonds is 3. The Bertz CT molecular complexity index is 747. The minimum atomic E-state index is -4.59. The molecule has 2 aromatic rings. The number of aromatic nitrogens is 1. The Morgan fingerprint density at radius 3 is 2.32 bits per heavy atom. The molecule has 1 aromatic heterocycles. The van der Waals surface area contributed by atoms with Gasteiger partial charge in [0.1, 0.15) is 0 Å². The molecule has 1 aromatic carbocycles. The number of pyridine rings is 1. The van der Waals surface area contributed by atoms with Crippen LogP contribution in [0, 0.1) is 0 Å². The van der Waals surface area contributed by atoms with Gasteiger partial charge >= 0.3 is 6.18 Å². The van der Waals surface area contributed by atoms with Gasteiger partial charge < -0.3 is 4.57 Å². The van der Waals surface area contributed by atoms with Crippen LogP contribution in [0.5, 0.6) is 0 Å². The fourth-order valence-corrected chi connectivity index (χ4v) is 2.24. The van der Waals surface area contributed by atoms with Crippen molar-refractivity contribution in [1.82, 2.24) is 4.57 Å². The van der Waals surface area contributed by atoms with Crippen LogP contribution < -0.4 is 5.56 Å². The molecule has 0 saturated carbocycles. The first kappa shape index (κ1) is 16.4. The summed E-state index contributed by atoms with van der Waals surface area (Å²) in [4.78, 5) is 12.1. The highest BCUT2D eigenvalue weighted by molar-refractivity contribution is 6.30. The molecule has 0 N–H and O–H groups in total. The van der Waals surface area contributed by atoms with Crippen LogP contribution in [0.4, 0.5) is 13.2 Å². The summed E-state index contributed by atoms with van der Waals surface area (Å²) in [5.74, 6) is 0. The number of hydrogen-bond donors (Lipinski definition) is 0. The molecule has 1 atom stereocenters. The third-order valence-electron chi connectivity index (χ3n) is 3.28. The van der Waals surface area contributed by atoms with Crippen molar-refractivity contribution in [3.63, 3.8) is 0 Å². The Labute approximate surface area is 130 Å². The molecule has 1 unspecified atom stereocenters. The van der Waals surface area contributed by atoms with E-state index >= 15 is 0 Å². The van der Waals surface area contributed by atoms with Gasteiger partial charge in [0.2, 0.25) is 0 Å². The van der Waals surface area contributed by atoms with E-state index in [0.29, 0.717) is 16.7 Å². The number of benzene rings is 1. The van der Waals surface area contributed by atoms with E-state index in [0.717, 1.165) is 6.07 Å². The molecule has 0 spiro atoms. The molecule has 1 heterocycles. The Balaban J connectivity index is 2.77. The van der Waals surface area contributed by atoms with Crippen molar-refractivity contribution >= 4 is 11.6 Å². The lowest BCUT2D eigenvalue weighted by molar-refractivity contribution is -0.137. The molecule has 0 saturated heterocycles. The molecule has 0 amide bonds. The average Bonchev–Trinajstić information content (AvgIpc) is 2.45. The topological polar surface area (TPSA) is 22.0 Å². The van der Waals surface area contributed by atoms with E-state index in [9.17, 15) is 18.0 Å². The summed E-state index contributed by atoms with van der Waals surface area (Å²) < 4.78 is 40.1. The van der Waals surface area contributed by atoms with Gasteiger partial charge in [-0.25, -0.2) is 0 Å². The first-order valence-corrected chi connectivity index (χ1v) is 6.84. The van der Waals surface area contributed by atoms with E-state index in [4.69, 9.17) is 11.6 Å². The van der Waals surface area contributed by atoms with Gasteiger partial charge in [-0.15, -0.1) is 6.58 Å². The van der Waals surface area contributed by atoms with Gasteiger partial charge in [0.05, 0.1) is 17.3 Å². The van der Waals surface area contributed by atoms with Crippen molar-refractivity contribution in [1.29, 1.82) is 0 Å². The largest absolute Gasteiger partial charge is 0.416 e. The van der Waals surface area contributed by atoms with E-state index in [1.807, 2.05) is 0 Å². The van der Waals surface area contributed by atoms with Crippen molar-refractivity contribution in [3.8, 4) is 11.3 Å². The van der Waals surface area contributed by atoms with E-state index < -0.39 is 23.3 Å². The number of alkyl halides is 3. The molecule has 6 heteroatoms. The summed E-state index contributed by atoms with van der Waals surface area (Å²) >= 11 is 5.80. The minimum absolute atomic E-state index is 0.170. The highest BCUT2D eigenvalue weighted by Crippen LogP contribution is 2.32. The van der Waals surface area contributed by atoms with Gasteiger partial charge in [-0.2, -0.15) is 13.2 Å². The van der Waals surface area contributed by atoms with Crippen molar-refractivity contribution in [2.24, 2.45) is 0 Å². The first-order chi connectivity index (χ1) is 10.2. The summed E-state index contributed by atoms with van der Waals surface area (Å²) in [6.45, 7) is 5.28. The van der Waals surface area contributed by atoms with Crippen LogP contribution in [0.15, 0.2) is 53.8 Å². The van der Waals surface area contributed by atoms with Gasteiger partial charge in [0.25, 0.3) is 5.56 Å². The Kier molecular flexibility index (Phi) is 4.47. The standard InChI is InChI=1S/C16H13ClF3NO/c1-3-10(2)21-14(11-4-6-13(17)7-5-11)8-12(9-15(21)22)16(18,19)20/h3-10H,1H2,2H3. The Hall–Kier alpha value is -2.01. The Morgan fingerprint density at radius 1 is 1.23 bits per heavy atom. The van der Waals surface area contributed by atoms with E-state index in [1.165, 1.54) is 10.6 Å². The molecule has 0 bridgehead atoms. The van der Waals surface area contributed by atoms with Crippen molar-refractivity contribution in [3.05, 3.63) is 70.0 Å². The normalized spacial score (nSPS) is 13.0. The van der Waals surface area contributed by atoms with Gasteiger partial charge in [0, 0.05) is 11.1 Å². The molecular weight excluding hydrogens is 315 g/mol. The van der Waals surface area contributed by atoms with E-state index in [2.05, 4.69) is 6.58 Å². The summed E-state index contributed by atoms with van der Waals surface area (Å²) in [5, 5.41) is 0.460. The van der Waals surface area contributed by atoms with Gasteiger partial charge in [-0.1, -0.05) is 29.8 Å². The smallest absolute Gasteiger partial charge is 0.302 e. The van der Waals surface area contributed by atoms with Gasteiger partial charge in [-0.05, 0) is 30.7 Å². The summed E-state index contributed by atoms with van der Waals surface area (Å²) in [6, 6.07) is 7.38. The number of allylic oxidation sites excluding steroid dienone is 1. The lowest BCUT2D eigenvalue weighted by Crippen LogP contribution is -2.25. The molecule has 116 valence electrons. The summed E-state index contributed by atoms with van der Waals surface area (Å²) in [5.41, 5.74) is -1.06. The van der Waals surface area contributed by atoms with E-state index in [1.54, 1.807) is 31.2 Å². The van der Waals surface area contributed by atoms with Gasteiger partial charge in [0.15, 0.2) is 0 Å². The zero-order valence-corrected chi connectivity index (χ0v) is 12.4. The maximum Gasteiger partial charge on any atom is 0.416 e. The maximum atomic E-state index is 13.0. The zero-order valence-electron chi connectivity index (χ0n) is 11.7. The molecule has 0 aliphatic heterocycles. The SMILES string of the molecule is C=CC(C)n1c(-c2ccc(Cl)cc2)cc(C(F)(F)F)cc1=O. The quantitative estimate of drug-likeness (QED) is 0.732. The number of nitrogens with zero attached hydrogens (tertiary/aromatic N) is 1. The third-order valence-corrected chi connectivity index (χ3v) is 3.54. The van der Waals surface area contributed by atoms with E-state index in [-0.39, 0.29) is 5.69 Å². The van der Waals surface area contributed by atoms with Crippen molar-refractivity contribution < 1.29 is 13.2 Å². The molecule has 2 nitrogen and oxygen atoms in total. The summed E-state index contributed by atoms with van der Waals surface area (Å²) in [7, 11) is 0. The van der Waals surface area contributed by atoms with Crippen LogP contribution >= 0.6 is 11.6 Å². The second-order valence-electron chi connectivity index (χ2n) is 4.82. The number of halogens is 4. The summed E-state index contributed by atoms with van der Waals surface area (Å²) in [6.07, 6.45) is -3.09. The van der Waals surface area contributed by atoms with Crippen LogP contribution in [-0.2, 0) is 6.18 Å². The van der Waals surface area contributed by atoms with Crippen LogP contribution in [0.3, 0.4) is 0 Å². The molecule has 22 heavy (non-hydrogen) atoms. The molecule has 0 radical (unpaired) electrons. The van der Waals surface area contributed by atoms with Crippen molar-refractivity contribution in [2.45, 2.75) is 19.1 Å². The predicted octanol–water partition coefficient (Wildman–Crippen LogP) is 4.93. The fourth-order valence-electron chi connectivity index (χ4n) is 2.11.